The third-order valence-corrected chi connectivity index (χ3v) is 3.83. The number of carbonyl (C=O) groups is 2. The Bertz CT molecular complexity index is 881. The van der Waals surface area contributed by atoms with E-state index >= 15 is 0 Å². The standard InChI is InChI=1S/C18H13ClFNO4/c1-10-5-4-6-11(9-10)21-15-14(19)17(23)25-18(15)24-16(22)12-7-2-3-8-13(12)20/h2-9,18,21H,1H3. The molecule has 0 bridgehead atoms. The van der Waals surface area contributed by atoms with Crippen LogP contribution >= 0.6 is 11.6 Å². The van der Waals surface area contributed by atoms with Gasteiger partial charge in [0.05, 0.1) is 5.56 Å². The fraction of sp³-hybridized carbons (Fsp3) is 0.111. The molecule has 0 fully saturated rings. The zero-order valence-electron chi connectivity index (χ0n) is 13.1. The molecular formula is C18H13ClFNO4. The van der Waals surface area contributed by atoms with E-state index in [9.17, 15) is 14.0 Å². The summed E-state index contributed by atoms with van der Waals surface area (Å²) in [6.07, 6.45) is -1.38. The lowest BCUT2D eigenvalue weighted by Gasteiger charge is -2.16. The Morgan fingerprint density at radius 1 is 1.24 bits per heavy atom. The first-order valence-electron chi connectivity index (χ1n) is 7.35. The normalized spacial score (nSPS) is 16.6. The molecule has 1 aliphatic heterocycles. The Hall–Kier alpha value is -2.86. The molecule has 0 aliphatic carbocycles. The average molecular weight is 362 g/mol. The zero-order chi connectivity index (χ0) is 18.0. The SMILES string of the molecule is Cc1cccc(NC2=C(Cl)C(=O)OC2OC(=O)c2ccccc2F)c1. The van der Waals surface area contributed by atoms with Crippen LogP contribution in [-0.2, 0) is 14.3 Å². The van der Waals surface area contributed by atoms with Crippen molar-refractivity contribution in [2.45, 2.75) is 13.2 Å². The minimum atomic E-state index is -1.38. The first-order valence-corrected chi connectivity index (χ1v) is 7.73. The molecule has 7 heteroatoms. The summed E-state index contributed by atoms with van der Waals surface area (Å²) in [7, 11) is 0. The number of benzene rings is 2. The molecule has 0 amide bonds. The number of halogens is 2. The van der Waals surface area contributed by atoms with E-state index in [1.54, 1.807) is 6.07 Å². The van der Waals surface area contributed by atoms with E-state index < -0.39 is 24.0 Å². The number of esters is 2. The highest BCUT2D eigenvalue weighted by molar-refractivity contribution is 6.42. The van der Waals surface area contributed by atoms with Gasteiger partial charge in [-0.1, -0.05) is 35.9 Å². The van der Waals surface area contributed by atoms with E-state index in [4.69, 9.17) is 21.1 Å². The van der Waals surface area contributed by atoms with Crippen LogP contribution in [0.2, 0.25) is 0 Å². The van der Waals surface area contributed by atoms with Crippen LogP contribution in [0.3, 0.4) is 0 Å². The first kappa shape index (κ1) is 17.0. The topological polar surface area (TPSA) is 64.6 Å². The predicted molar refractivity (Wildman–Crippen MR) is 89.4 cm³/mol. The number of cyclic esters (lactones) is 1. The summed E-state index contributed by atoms with van der Waals surface area (Å²) in [5.74, 6) is -2.53. The van der Waals surface area contributed by atoms with Crippen LogP contribution < -0.4 is 5.32 Å². The van der Waals surface area contributed by atoms with Gasteiger partial charge in [0.1, 0.15) is 11.5 Å². The molecule has 5 nitrogen and oxygen atoms in total. The average Bonchev–Trinajstić information content (AvgIpc) is 2.83. The third-order valence-electron chi connectivity index (χ3n) is 3.47. The lowest BCUT2D eigenvalue weighted by molar-refractivity contribution is -0.152. The number of rotatable bonds is 4. The van der Waals surface area contributed by atoms with Gasteiger partial charge in [-0.05, 0) is 36.8 Å². The van der Waals surface area contributed by atoms with Gasteiger partial charge in [-0.2, -0.15) is 0 Å². The van der Waals surface area contributed by atoms with Crippen molar-refractivity contribution >= 4 is 29.2 Å². The number of hydrogen-bond donors (Lipinski definition) is 1. The highest BCUT2D eigenvalue weighted by Crippen LogP contribution is 2.29. The van der Waals surface area contributed by atoms with Gasteiger partial charge in [-0.3, -0.25) is 0 Å². The van der Waals surface area contributed by atoms with Crippen LogP contribution in [0.5, 0.6) is 0 Å². The van der Waals surface area contributed by atoms with Crippen LogP contribution in [0.25, 0.3) is 0 Å². The van der Waals surface area contributed by atoms with Crippen LogP contribution in [0.15, 0.2) is 59.3 Å². The number of ether oxygens (including phenoxy) is 2. The molecule has 0 aromatic heterocycles. The van der Waals surface area contributed by atoms with E-state index in [0.29, 0.717) is 5.69 Å². The summed E-state index contributed by atoms with van der Waals surface area (Å²) in [6.45, 7) is 1.90. The second kappa shape index (κ2) is 6.94. The van der Waals surface area contributed by atoms with E-state index in [1.165, 1.54) is 18.2 Å². The molecule has 2 aromatic carbocycles. The molecule has 1 aliphatic rings. The third kappa shape index (κ3) is 3.64. The van der Waals surface area contributed by atoms with E-state index in [0.717, 1.165) is 11.6 Å². The molecule has 1 heterocycles. The van der Waals surface area contributed by atoms with E-state index in [2.05, 4.69) is 5.32 Å². The van der Waals surface area contributed by atoms with Crippen molar-refractivity contribution in [2.75, 3.05) is 5.32 Å². The summed E-state index contributed by atoms with van der Waals surface area (Å²) in [5, 5.41) is 2.69. The van der Waals surface area contributed by atoms with Crippen LogP contribution in [0, 0.1) is 12.7 Å². The number of hydrogen-bond acceptors (Lipinski definition) is 5. The van der Waals surface area contributed by atoms with E-state index in [-0.39, 0.29) is 16.3 Å². The maximum atomic E-state index is 13.7. The van der Waals surface area contributed by atoms with Crippen molar-refractivity contribution in [3.8, 4) is 0 Å². The van der Waals surface area contributed by atoms with Gasteiger partial charge in [-0.25, -0.2) is 14.0 Å². The van der Waals surface area contributed by atoms with Crippen molar-refractivity contribution < 1.29 is 23.5 Å². The fourth-order valence-corrected chi connectivity index (χ4v) is 2.46. The van der Waals surface area contributed by atoms with Crippen molar-refractivity contribution in [1.82, 2.24) is 0 Å². The Balaban J connectivity index is 1.82. The van der Waals surface area contributed by atoms with Crippen LogP contribution in [-0.4, -0.2) is 18.2 Å². The Kier molecular flexibility index (Phi) is 4.72. The van der Waals surface area contributed by atoms with Gasteiger partial charge in [0, 0.05) is 5.69 Å². The minimum absolute atomic E-state index is 0.0851. The summed E-state index contributed by atoms with van der Waals surface area (Å²) >= 11 is 5.95. The van der Waals surface area contributed by atoms with Crippen LogP contribution in [0.4, 0.5) is 10.1 Å². The second-order valence-corrected chi connectivity index (χ2v) is 5.72. The van der Waals surface area contributed by atoms with Gasteiger partial charge >= 0.3 is 11.9 Å². The lowest BCUT2D eigenvalue weighted by Crippen LogP contribution is -2.24. The molecule has 25 heavy (non-hydrogen) atoms. The molecule has 3 rings (SSSR count). The molecule has 0 saturated heterocycles. The zero-order valence-corrected chi connectivity index (χ0v) is 13.8. The summed E-state index contributed by atoms with van der Waals surface area (Å²) < 4.78 is 23.7. The molecule has 2 aromatic rings. The van der Waals surface area contributed by atoms with Gasteiger partial charge in [0.2, 0.25) is 0 Å². The molecule has 0 saturated carbocycles. The maximum Gasteiger partial charge on any atom is 0.355 e. The van der Waals surface area contributed by atoms with Gasteiger partial charge in [0.25, 0.3) is 6.29 Å². The summed E-state index contributed by atoms with van der Waals surface area (Å²) in [4.78, 5) is 23.9. The second-order valence-electron chi connectivity index (χ2n) is 5.34. The Labute approximate surface area is 148 Å². The summed E-state index contributed by atoms with van der Waals surface area (Å²) in [6, 6.07) is 12.6. The largest absolute Gasteiger partial charge is 0.415 e. The quantitative estimate of drug-likeness (QED) is 0.840. The monoisotopic (exact) mass is 361 g/mol. The lowest BCUT2D eigenvalue weighted by atomic mass is 10.2. The molecule has 1 atom stereocenters. The van der Waals surface area contributed by atoms with Crippen molar-refractivity contribution in [2.24, 2.45) is 0 Å². The number of anilines is 1. The van der Waals surface area contributed by atoms with Crippen molar-refractivity contribution in [3.05, 3.63) is 76.2 Å². The smallest absolute Gasteiger partial charge is 0.355 e. The molecule has 0 spiro atoms. The number of nitrogens with one attached hydrogen (secondary N) is 1. The van der Waals surface area contributed by atoms with Gasteiger partial charge in [0.15, 0.2) is 5.03 Å². The number of carbonyl (C=O) groups excluding carboxylic acids is 2. The molecule has 1 N–H and O–H groups in total. The predicted octanol–water partition coefficient (Wildman–Crippen LogP) is 3.74. The molecule has 128 valence electrons. The molecule has 1 unspecified atom stereocenters. The highest BCUT2D eigenvalue weighted by atomic mass is 35.5. The van der Waals surface area contributed by atoms with Crippen molar-refractivity contribution in [1.29, 1.82) is 0 Å². The number of aryl methyl sites for hydroxylation is 1. The molecular weight excluding hydrogens is 349 g/mol. The summed E-state index contributed by atoms with van der Waals surface area (Å²) in [5.41, 5.74) is 1.43. The minimum Gasteiger partial charge on any atom is -0.415 e. The Morgan fingerprint density at radius 2 is 2.00 bits per heavy atom. The highest BCUT2D eigenvalue weighted by Gasteiger charge is 2.37. The fourth-order valence-electron chi connectivity index (χ4n) is 2.28. The first-order chi connectivity index (χ1) is 12.0. The maximum absolute atomic E-state index is 13.7. The van der Waals surface area contributed by atoms with Gasteiger partial charge in [-0.15, -0.1) is 0 Å². The Morgan fingerprint density at radius 3 is 2.72 bits per heavy atom. The van der Waals surface area contributed by atoms with Gasteiger partial charge < -0.3 is 14.8 Å². The van der Waals surface area contributed by atoms with E-state index in [1.807, 2.05) is 25.1 Å². The van der Waals surface area contributed by atoms with Crippen molar-refractivity contribution in [3.63, 3.8) is 0 Å². The van der Waals surface area contributed by atoms with Crippen LogP contribution in [0.1, 0.15) is 15.9 Å². The molecule has 0 radical (unpaired) electrons.